The van der Waals surface area contributed by atoms with Crippen LogP contribution in [0.25, 0.3) is 16.9 Å². The molecule has 2 heterocycles. The van der Waals surface area contributed by atoms with Gasteiger partial charge in [-0.3, -0.25) is 4.79 Å². The SMILES string of the molecule is Cc1ccc(-c2cn3cccc(C)c3n2)cc1NC(=O)Cc1ccc(C(F)(F)F)cc1. The first-order valence-electron chi connectivity index (χ1n) is 9.72. The number of hydrogen-bond acceptors (Lipinski definition) is 2. The summed E-state index contributed by atoms with van der Waals surface area (Å²) in [6.45, 7) is 3.87. The quantitative estimate of drug-likeness (QED) is 0.450. The number of aromatic nitrogens is 2. The predicted molar refractivity (Wildman–Crippen MR) is 114 cm³/mol. The van der Waals surface area contributed by atoms with Crippen LogP contribution in [0.15, 0.2) is 67.0 Å². The van der Waals surface area contributed by atoms with Crippen molar-refractivity contribution >= 4 is 17.2 Å². The Bertz CT molecular complexity index is 1260. The van der Waals surface area contributed by atoms with E-state index in [0.717, 1.165) is 40.2 Å². The third-order valence-electron chi connectivity index (χ3n) is 5.13. The van der Waals surface area contributed by atoms with Crippen molar-refractivity contribution in [1.29, 1.82) is 0 Å². The zero-order valence-corrected chi connectivity index (χ0v) is 17.0. The number of carbonyl (C=O) groups excluding carboxylic acids is 1. The van der Waals surface area contributed by atoms with Gasteiger partial charge in [0, 0.05) is 23.6 Å². The molecule has 0 radical (unpaired) electrons. The molecule has 0 aliphatic carbocycles. The third kappa shape index (κ3) is 4.45. The van der Waals surface area contributed by atoms with Crippen molar-refractivity contribution < 1.29 is 18.0 Å². The topological polar surface area (TPSA) is 46.4 Å². The lowest BCUT2D eigenvalue weighted by atomic mass is 10.1. The maximum absolute atomic E-state index is 12.7. The van der Waals surface area contributed by atoms with Crippen LogP contribution in [0.2, 0.25) is 0 Å². The van der Waals surface area contributed by atoms with Crippen molar-refractivity contribution in [3.63, 3.8) is 0 Å². The molecule has 0 unspecified atom stereocenters. The van der Waals surface area contributed by atoms with Gasteiger partial charge in [-0.25, -0.2) is 4.98 Å². The zero-order valence-electron chi connectivity index (χ0n) is 17.0. The van der Waals surface area contributed by atoms with E-state index in [1.165, 1.54) is 12.1 Å². The number of aryl methyl sites for hydroxylation is 2. The van der Waals surface area contributed by atoms with Crippen LogP contribution in [0.3, 0.4) is 0 Å². The van der Waals surface area contributed by atoms with Crippen molar-refractivity contribution in [2.24, 2.45) is 0 Å². The van der Waals surface area contributed by atoms with Crippen molar-refractivity contribution in [1.82, 2.24) is 9.38 Å². The Kier molecular flexibility index (Phi) is 5.27. The minimum atomic E-state index is -4.39. The maximum Gasteiger partial charge on any atom is 0.416 e. The monoisotopic (exact) mass is 423 g/mol. The normalized spacial score (nSPS) is 11.6. The molecule has 2 aromatic heterocycles. The molecule has 0 atom stereocenters. The number of alkyl halides is 3. The average Bonchev–Trinajstić information content (AvgIpc) is 3.15. The number of carbonyl (C=O) groups is 1. The lowest BCUT2D eigenvalue weighted by Crippen LogP contribution is -2.15. The van der Waals surface area contributed by atoms with Gasteiger partial charge in [0.25, 0.3) is 0 Å². The Labute approximate surface area is 177 Å². The van der Waals surface area contributed by atoms with Gasteiger partial charge in [0.05, 0.1) is 17.7 Å². The second-order valence-corrected chi connectivity index (χ2v) is 7.50. The molecule has 4 rings (SSSR count). The number of amides is 1. The van der Waals surface area contributed by atoms with Crippen LogP contribution in [0.1, 0.15) is 22.3 Å². The van der Waals surface area contributed by atoms with Crippen molar-refractivity contribution in [3.05, 3.63) is 89.2 Å². The van der Waals surface area contributed by atoms with Gasteiger partial charge < -0.3 is 9.72 Å². The Balaban J connectivity index is 1.53. The fourth-order valence-electron chi connectivity index (χ4n) is 3.40. The van der Waals surface area contributed by atoms with Crippen molar-refractivity contribution in [2.45, 2.75) is 26.4 Å². The van der Waals surface area contributed by atoms with E-state index in [1.54, 1.807) is 0 Å². The lowest BCUT2D eigenvalue weighted by molar-refractivity contribution is -0.137. The molecular weight excluding hydrogens is 403 g/mol. The molecule has 0 saturated heterocycles. The number of nitrogens with one attached hydrogen (secondary N) is 1. The van der Waals surface area contributed by atoms with Gasteiger partial charge in [-0.1, -0.05) is 30.3 Å². The fourth-order valence-corrected chi connectivity index (χ4v) is 3.40. The standard InChI is InChI=1S/C24H20F3N3O/c1-15-5-8-18(21-14-30-11-3-4-16(2)23(30)29-21)13-20(15)28-22(31)12-17-6-9-19(10-7-17)24(25,26)27/h3-11,13-14H,12H2,1-2H3,(H,28,31). The van der Waals surface area contributed by atoms with E-state index in [1.807, 2.05) is 61.0 Å². The van der Waals surface area contributed by atoms with E-state index in [4.69, 9.17) is 0 Å². The molecule has 0 saturated carbocycles. The van der Waals surface area contributed by atoms with Gasteiger partial charge in [0.2, 0.25) is 5.91 Å². The number of pyridine rings is 1. The highest BCUT2D eigenvalue weighted by atomic mass is 19.4. The van der Waals surface area contributed by atoms with Crippen molar-refractivity contribution in [3.8, 4) is 11.3 Å². The molecule has 1 N–H and O–H groups in total. The smallest absolute Gasteiger partial charge is 0.326 e. The number of fused-ring (bicyclic) bond motifs is 1. The number of hydrogen-bond donors (Lipinski definition) is 1. The summed E-state index contributed by atoms with van der Waals surface area (Å²) in [5, 5.41) is 2.86. The van der Waals surface area contributed by atoms with Crippen LogP contribution >= 0.6 is 0 Å². The molecule has 4 nitrogen and oxygen atoms in total. The Morgan fingerprint density at radius 1 is 1.03 bits per heavy atom. The molecular formula is C24H20F3N3O. The molecule has 0 fully saturated rings. The molecule has 7 heteroatoms. The molecule has 1 amide bonds. The molecule has 4 aromatic rings. The minimum absolute atomic E-state index is 0.0185. The minimum Gasteiger partial charge on any atom is -0.326 e. The van der Waals surface area contributed by atoms with Gasteiger partial charge in [0.15, 0.2) is 0 Å². The average molecular weight is 423 g/mol. The van der Waals surface area contributed by atoms with Crippen LogP contribution in [0.5, 0.6) is 0 Å². The zero-order chi connectivity index (χ0) is 22.2. The van der Waals surface area contributed by atoms with E-state index in [2.05, 4.69) is 10.3 Å². The fraction of sp³-hybridized carbons (Fsp3) is 0.167. The Morgan fingerprint density at radius 2 is 1.77 bits per heavy atom. The van der Waals surface area contributed by atoms with Crippen LogP contribution in [-0.4, -0.2) is 15.3 Å². The van der Waals surface area contributed by atoms with E-state index < -0.39 is 11.7 Å². The molecule has 0 bridgehead atoms. The van der Waals surface area contributed by atoms with E-state index in [9.17, 15) is 18.0 Å². The van der Waals surface area contributed by atoms with Crippen LogP contribution in [-0.2, 0) is 17.4 Å². The summed E-state index contributed by atoms with van der Waals surface area (Å²) >= 11 is 0. The van der Waals surface area contributed by atoms with Crippen LogP contribution in [0.4, 0.5) is 18.9 Å². The van der Waals surface area contributed by atoms with Crippen LogP contribution in [0, 0.1) is 13.8 Å². The highest BCUT2D eigenvalue weighted by Gasteiger charge is 2.30. The van der Waals surface area contributed by atoms with Gasteiger partial charge in [-0.2, -0.15) is 13.2 Å². The summed E-state index contributed by atoms with van der Waals surface area (Å²) in [6.07, 6.45) is -0.551. The highest BCUT2D eigenvalue weighted by Crippen LogP contribution is 2.29. The van der Waals surface area contributed by atoms with Gasteiger partial charge in [-0.05, 0) is 54.8 Å². The Hall–Kier alpha value is -3.61. The maximum atomic E-state index is 12.7. The lowest BCUT2D eigenvalue weighted by Gasteiger charge is -2.11. The number of nitrogens with zero attached hydrogens (tertiary/aromatic N) is 2. The summed E-state index contributed by atoms with van der Waals surface area (Å²) in [5.41, 5.74) is 4.87. The van der Waals surface area contributed by atoms with Gasteiger partial charge in [-0.15, -0.1) is 0 Å². The van der Waals surface area contributed by atoms with E-state index in [0.29, 0.717) is 11.3 Å². The summed E-state index contributed by atoms with van der Waals surface area (Å²) in [7, 11) is 0. The molecule has 158 valence electrons. The first kappa shape index (κ1) is 20.7. The van der Waals surface area contributed by atoms with Gasteiger partial charge in [0.1, 0.15) is 5.65 Å². The molecule has 0 aliphatic rings. The Morgan fingerprint density at radius 3 is 2.45 bits per heavy atom. The first-order valence-corrected chi connectivity index (χ1v) is 9.72. The molecule has 31 heavy (non-hydrogen) atoms. The first-order chi connectivity index (χ1) is 14.7. The third-order valence-corrected chi connectivity index (χ3v) is 5.13. The largest absolute Gasteiger partial charge is 0.416 e. The van der Waals surface area contributed by atoms with Crippen molar-refractivity contribution in [2.75, 3.05) is 5.32 Å². The number of halogens is 3. The van der Waals surface area contributed by atoms with E-state index in [-0.39, 0.29) is 12.3 Å². The van der Waals surface area contributed by atoms with Gasteiger partial charge >= 0.3 is 6.18 Å². The number of benzene rings is 2. The summed E-state index contributed by atoms with van der Waals surface area (Å²) in [6, 6.07) is 14.3. The van der Waals surface area contributed by atoms with Crippen LogP contribution < -0.4 is 5.32 Å². The summed E-state index contributed by atoms with van der Waals surface area (Å²) in [4.78, 5) is 17.2. The second-order valence-electron chi connectivity index (χ2n) is 7.50. The number of rotatable bonds is 4. The van der Waals surface area contributed by atoms with E-state index >= 15 is 0 Å². The summed E-state index contributed by atoms with van der Waals surface area (Å²) in [5.74, 6) is -0.300. The molecule has 2 aromatic carbocycles. The molecule has 0 spiro atoms. The highest BCUT2D eigenvalue weighted by molar-refractivity contribution is 5.93. The molecule has 0 aliphatic heterocycles. The number of imidazole rings is 1. The predicted octanol–water partition coefficient (Wildman–Crippen LogP) is 5.82. The second kappa shape index (κ2) is 7.91. The summed E-state index contributed by atoms with van der Waals surface area (Å²) < 4.78 is 40.0. The number of anilines is 1.